The molecule has 718 valence electrons. The number of methoxy groups -OCH3 is 1. The zero-order valence-corrected chi connectivity index (χ0v) is 79.4. The molecule has 9 saturated carbocycles. The number of ketones is 3. The summed E-state index contributed by atoms with van der Waals surface area (Å²) in [7, 11) is 1.59. The van der Waals surface area contributed by atoms with E-state index in [4.69, 9.17) is 21.9 Å². The van der Waals surface area contributed by atoms with Gasteiger partial charge in [-0.15, -0.1) is 0 Å². The molecule has 15 amide bonds. The van der Waals surface area contributed by atoms with Crippen LogP contribution in [0, 0.1) is 91.2 Å². The first kappa shape index (κ1) is 101. The van der Waals surface area contributed by atoms with Crippen LogP contribution < -0.4 is 65.1 Å². The van der Waals surface area contributed by atoms with Crippen LogP contribution in [-0.4, -0.2) is 225 Å². The average Bonchev–Trinajstić information content (AvgIpc) is 1.53. The van der Waals surface area contributed by atoms with Gasteiger partial charge in [-0.3, -0.25) is 57.5 Å². The zero-order chi connectivity index (χ0) is 95.1. The summed E-state index contributed by atoms with van der Waals surface area (Å²) in [5, 5.41) is 47.8. The molecule has 129 heavy (non-hydrogen) atoms. The number of hydrogen-bond donors (Lipinski definition) is 14. The predicted octanol–water partition coefficient (Wildman–Crippen LogP) is 6.68. The largest absolute Gasteiger partial charge is 0.394 e. The van der Waals surface area contributed by atoms with Crippen LogP contribution in [0.15, 0.2) is 30.3 Å². The molecule has 0 aromatic heterocycles. The lowest BCUT2D eigenvalue weighted by atomic mass is 9.70. The van der Waals surface area contributed by atoms with Crippen molar-refractivity contribution in [3.05, 3.63) is 35.9 Å². The minimum absolute atomic E-state index is 0.0812. The summed E-state index contributed by atoms with van der Waals surface area (Å²) in [5.74, 6) is -7.32. The van der Waals surface area contributed by atoms with Crippen molar-refractivity contribution < 1.29 is 86.9 Å². The molecule has 12 aliphatic rings. The SMILES string of the molecule is CC(C)(C)[C@H](NC(=O)NC1(C(O)c2ccccc2)CCCCC1)C(=O)N1C[C@H]2[C@@H]([C@H]1C(=O)NC(CC1CC1)C(=O)C(N)=O)C2(C)C.CC(C)(C)[C@H](NC(=O)NC1(CO)CCCCC1)C(=O)N1C[C@H]2[C@@H]([C@H]1C(=O)NC(CC1CC1)C(=O)C(N)=O)C2(C)C.COC[C@@H](NC(=O)N[C@H](C(=O)N1C[C@H]2[C@@H]([C@H]1C(=O)NC(CC1CC1)C(=O)C(N)=O)C2(C)C)C1(C)CCCCC1)C(C)(C)C. The quantitative estimate of drug-likeness (QED) is 0.0326. The van der Waals surface area contributed by atoms with Crippen LogP contribution in [0.4, 0.5) is 14.4 Å². The number of piperidine rings is 3. The monoisotopic (exact) mass is 1800 g/mol. The number of amides is 15. The highest BCUT2D eigenvalue weighted by Crippen LogP contribution is 2.67. The van der Waals surface area contributed by atoms with E-state index < -0.39 is 159 Å². The summed E-state index contributed by atoms with van der Waals surface area (Å²) in [6.07, 6.45) is 18.4. The van der Waals surface area contributed by atoms with Crippen LogP contribution in [0.2, 0.25) is 0 Å². The topological polar surface area (TPSA) is 502 Å². The number of aliphatic hydroxyl groups excluding tert-OH is 2. The molecule has 17 N–H and O–H groups in total. The number of benzene rings is 1. The van der Waals surface area contributed by atoms with Gasteiger partial charge in [0.1, 0.15) is 42.4 Å². The van der Waals surface area contributed by atoms with Gasteiger partial charge in [-0.2, -0.15) is 0 Å². The maximum Gasteiger partial charge on any atom is 0.315 e. The van der Waals surface area contributed by atoms with Crippen LogP contribution in [0.3, 0.4) is 0 Å². The molecule has 4 unspecified atom stereocenters. The van der Waals surface area contributed by atoms with Gasteiger partial charge in [0.2, 0.25) is 52.8 Å². The van der Waals surface area contributed by atoms with Crippen molar-refractivity contribution in [3.63, 3.8) is 0 Å². The Morgan fingerprint density at radius 3 is 1.10 bits per heavy atom. The normalized spacial score (nSPS) is 27.4. The molecule has 13 rings (SSSR count). The third kappa shape index (κ3) is 23.1. The first-order valence-corrected chi connectivity index (χ1v) is 47.6. The molecule has 33 nitrogen and oxygen atoms in total. The summed E-state index contributed by atoms with van der Waals surface area (Å²) in [5.41, 5.74) is 12.4. The van der Waals surface area contributed by atoms with Gasteiger partial charge >= 0.3 is 18.1 Å². The molecule has 17 atom stereocenters. The number of aliphatic hydroxyl groups is 2. The Morgan fingerprint density at radius 1 is 0.434 bits per heavy atom. The zero-order valence-electron chi connectivity index (χ0n) is 79.4. The summed E-state index contributed by atoms with van der Waals surface area (Å²) in [6, 6.07) is -0.768. The van der Waals surface area contributed by atoms with Gasteiger partial charge in [-0.25, -0.2) is 14.4 Å². The highest BCUT2D eigenvalue weighted by atomic mass is 16.5. The second-order valence-corrected chi connectivity index (χ2v) is 45.5. The van der Waals surface area contributed by atoms with Crippen LogP contribution in [0.1, 0.15) is 277 Å². The lowest BCUT2D eigenvalue weighted by Gasteiger charge is -2.43. The Bertz CT molecular complexity index is 4350. The molecule has 3 saturated heterocycles. The summed E-state index contributed by atoms with van der Waals surface area (Å²) < 4.78 is 5.35. The highest BCUT2D eigenvalue weighted by Gasteiger charge is 2.73. The molecule has 0 radical (unpaired) electrons. The number of nitrogens with two attached hydrogens (primary N) is 3. The highest BCUT2D eigenvalue weighted by molar-refractivity contribution is 6.39. The second kappa shape index (κ2) is 39.1. The molecule has 3 heterocycles. The number of carbonyl (C=O) groups is 15. The van der Waals surface area contributed by atoms with E-state index in [-0.39, 0.29) is 105 Å². The van der Waals surface area contributed by atoms with Crippen molar-refractivity contribution in [2.75, 3.05) is 40.0 Å². The van der Waals surface area contributed by atoms with Crippen molar-refractivity contribution in [1.29, 1.82) is 0 Å². The van der Waals surface area contributed by atoms with E-state index in [1.807, 2.05) is 92.6 Å². The van der Waals surface area contributed by atoms with Crippen molar-refractivity contribution in [2.24, 2.45) is 108 Å². The minimum atomic E-state index is -1.09. The van der Waals surface area contributed by atoms with Crippen LogP contribution >= 0.6 is 0 Å². The van der Waals surface area contributed by atoms with Gasteiger partial charge in [0.05, 0.1) is 48.5 Å². The van der Waals surface area contributed by atoms with Crippen LogP contribution in [-0.2, 0) is 62.3 Å². The molecule has 1 aromatic carbocycles. The van der Waals surface area contributed by atoms with Gasteiger partial charge in [-0.05, 0) is 155 Å². The Kier molecular flexibility index (Phi) is 30.6. The third-order valence-corrected chi connectivity index (χ3v) is 31.6. The Labute approximate surface area is 761 Å². The summed E-state index contributed by atoms with van der Waals surface area (Å²) in [4.78, 5) is 203. The molecular weight excluding hydrogens is 1650 g/mol. The number of hydrogen-bond acceptors (Lipinski definition) is 18. The number of rotatable bonds is 33. The lowest BCUT2D eigenvalue weighted by molar-refractivity contribution is -0.146. The Morgan fingerprint density at radius 2 is 0.775 bits per heavy atom. The summed E-state index contributed by atoms with van der Waals surface area (Å²) in [6.45, 7) is 32.9. The van der Waals surface area contributed by atoms with E-state index in [2.05, 4.69) is 96.3 Å². The van der Waals surface area contributed by atoms with Crippen molar-refractivity contribution in [3.8, 4) is 0 Å². The number of fused-ring (bicyclic) bond motifs is 3. The van der Waals surface area contributed by atoms with E-state index in [0.29, 0.717) is 71.2 Å². The summed E-state index contributed by atoms with van der Waals surface area (Å²) >= 11 is 0. The number of likely N-dealkylation sites (tertiary alicyclic amines) is 3. The van der Waals surface area contributed by atoms with Gasteiger partial charge in [-0.1, -0.05) is 237 Å². The number of ether oxygens (including phenoxy) is 1. The number of carbonyl (C=O) groups excluding carboxylic acids is 15. The van der Waals surface area contributed by atoms with Gasteiger partial charge in [0, 0.05) is 26.7 Å². The van der Waals surface area contributed by atoms with Crippen LogP contribution in [0.5, 0.6) is 0 Å². The van der Waals surface area contributed by atoms with E-state index in [1.54, 1.807) is 16.9 Å². The molecular formula is C96H151N15O18. The molecule has 0 spiro atoms. The molecule has 3 aliphatic heterocycles. The van der Waals surface area contributed by atoms with Gasteiger partial charge < -0.3 is 94.7 Å². The molecule has 1 aromatic rings. The van der Waals surface area contributed by atoms with E-state index in [0.717, 1.165) is 115 Å². The number of urea groups is 3. The first-order chi connectivity index (χ1) is 60.2. The van der Waals surface area contributed by atoms with Crippen molar-refractivity contribution in [1.82, 2.24) is 62.6 Å². The molecule has 12 fully saturated rings. The standard InChI is InChI=1S/C35H51N5O6.C32H53N5O6.C29H47N5O6/c1-33(2,3)27(38-32(46)39-35(16-10-7-11-17-35)28(42)21-12-8-6-9-13-21)31(45)40-19-22-24(34(22,4)5)25(40)30(44)37-23(18-20-14-15-20)26(41)29(36)43;1-30(2,3)21(17-43-7)35-29(42)36-25(32(6)13-9-8-10-14-32)28(41)37-16-19-22(31(19,4)5)23(37)27(40)34-20(15-18-11-12-18)24(38)26(33)39;1-27(2,3)22(32-26(40)33-29(15-35)11-7-6-8-12-29)25(39)34-14-17-19(28(17,4)5)20(34)24(38)31-18(13-16-9-10-16)21(36)23(30)37/h6,8-9,12-13,20,22-25,27-28,42H,7,10-11,14-19H2,1-5H3,(H2,36,43)(H,37,44)(H2,38,39,46);18-23,25H,8-17H2,1-7H3,(H2,33,39)(H,34,40)(H2,35,36,42);16-20,22,35H,6-15H2,1-5H3,(H2,30,37)(H,31,38)(H2,32,33,40)/t22-,23?,24-,25-,27+,28?;19-,20?,21+,22-,23-,25+;17-,18?,19-,20-,22+/m000/s1. The van der Waals surface area contributed by atoms with Gasteiger partial charge in [0.25, 0.3) is 17.7 Å². The van der Waals surface area contributed by atoms with Crippen LogP contribution in [0.25, 0.3) is 0 Å². The second-order valence-electron chi connectivity index (χ2n) is 45.5. The third-order valence-electron chi connectivity index (χ3n) is 31.6. The van der Waals surface area contributed by atoms with Crippen molar-refractivity contribution in [2.45, 2.75) is 342 Å². The molecule has 9 aliphatic carbocycles. The Balaban J connectivity index is 0.000000188. The number of Topliss-reactive ketones (excluding diaryl/α,β-unsaturated/α-hetero) is 3. The number of primary amides is 3. The maximum absolute atomic E-state index is 14.5. The van der Waals surface area contributed by atoms with Crippen molar-refractivity contribution >= 4 is 88.6 Å². The fourth-order valence-electron chi connectivity index (χ4n) is 22.4. The first-order valence-electron chi connectivity index (χ1n) is 47.6. The minimum Gasteiger partial charge on any atom is -0.394 e. The average molecular weight is 1800 g/mol. The number of nitrogens with one attached hydrogen (secondary N) is 9. The fraction of sp³-hybridized carbons (Fsp3) is 0.781. The fourth-order valence-corrected chi connectivity index (χ4v) is 22.4. The number of nitrogens with zero attached hydrogens (tertiary/aromatic N) is 3. The predicted molar refractivity (Wildman–Crippen MR) is 481 cm³/mol. The lowest BCUT2D eigenvalue weighted by Crippen LogP contribution is -2.63. The van der Waals surface area contributed by atoms with E-state index in [1.165, 1.54) is 4.90 Å². The smallest absolute Gasteiger partial charge is 0.315 e. The molecule has 33 heteroatoms. The Hall–Kier alpha value is -8.85. The van der Waals surface area contributed by atoms with E-state index in [9.17, 15) is 82.1 Å². The van der Waals surface area contributed by atoms with Gasteiger partial charge in [0.15, 0.2) is 0 Å². The van der Waals surface area contributed by atoms with E-state index >= 15 is 0 Å². The molecule has 0 bridgehead atoms. The maximum atomic E-state index is 14.5.